The molecule has 18 heavy (non-hydrogen) atoms. The fourth-order valence-corrected chi connectivity index (χ4v) is 0.844. The van der Waals surface area contributed by atoms with Gasteiger partial charge in [-0.3, -0.25) is 4.79 Å². The number of ether oxygens (including phenoxy) is 1. The zero-order valence-electron chi connectivity index (χ0n) is 10.8. The van der Waals surface area contributed by atoms with Crippen LogP contribution in [0.5, 0.6) is 0 Å². The molecule has 102 valence electrons. The molecule has 0 aromatic heterocycles. The Morgan fingerprint density at radius 2 is 1.78 bits per heavy atom. The van der Waals surface area contributed by atoms with E-state index in [9.17, 15) is 9.59 Å². The molecule has 0 atom stereocenters. The van der Waals surface area contributed by atoms with Gasteiger partial charge >= 0.3 is 5.97 Å². The molecule has 8 heteroatoms. The van der Waals surface area contributed by atoms with Crippen LogP contribution in [0.25, 0.3) is 0 Å². The molecule has 0 aromatic carbocycles. The first-order valence-electron chi connectivity index (χ1n) is 5.13. The van der Waals surface area contributed by atoms with Crippen LogP contribution in [-0.2, 0) is 24.0 Å². The number of hydrogen-bond acceptors (Lipinski definition) is 7. The lowest BCUT2D eigenvalue weighted by Gasteiger charge is -2.03. The Labute approximate surface area is 105 Å². The summed E-state index contributed by atoms with van der Waals surface area (Å²) in [6, 6.07) is 0. The molecular formula is C10H17N3O5. The van der Waals surface area contributed by atoms with Gasteiger partial charge in [-0.05, 0) is 13.8 Å². The minimum absolute atomic E-state index is 0.0981. The Kier molecular flexibility index (Phi) is 7.91. The van der Waals surface area contributed by atoms with Gasteiger partial charge in [-0.1, -0.05) is 10.3 Å². The summed E-state index contributed by atoms with van der Waals surface area (Å²) in [7, 11) is 2.60. The van der Waals surface area contributed by atoms with E-state index in [0.717, 1.165) is 0 Å². The van der Waals surface area contributed by atoms with Crippen LogP contribution < -0.4 is 5.32 Å². The monoisotopic (exact) mass is 259 g/mol. The molecule has 1 N–H and O–H groups in total. The maximum Gasteiger partial charge on any atom is 0.355 e. The molecule has 0 bridgehead atoms. The second-order valence-corrected chi connectivity index (χ2v) is 3.12. The van der Waals surface area contributed by atoms with Gasteiger partial charge in [-0.15, -0.1) is 0 Å². The standard InChI is InChI=1S/C10H17N3O5/c1-7(12-17-4)9(14)11-5-6-18-13-8(2)10(15)16-3/h5-6H2,1-4H3,(H,11,14)/b12-7+,13-8+. The van der Waals surface area contributed by atoms with Crippen LogP contribution in [-0.4, -0.2) is 50.7 Å². The van der Waals surface area contributed by atoms with Crippen LogP contribution in [0.15, 0.2) is 10.3 Å². The summed E-state index contributed by atoms with van der Waals surface area (Å²) in [4.78, 5) is 31.5. The number of rotatable bonds is 7. The van der Waals surface area contributed by atoms with Gasteiger partial charge < -0.3 is 19.7 Å². The second kappa shape index (κ2) is 8.97. The van der Waals surface area contributed by atoms with Gasteiger partial charge in [0.25, 0.3) is 5.91 Å². The Morgan fingerprint density at radius 1 is 1.11 bits per heavy atom. The fourth-order valence-electron chi connectivity index (χ4n) is 0.844. The molecule has 0 aliphatic rings. The van der Waals surface area contributed by atoms with Gasteiger partial charge in [0.15, 0.2) is 5.71 Å². The second-order valence-electron chi connectivity index (χ2n) is 3.12. The van der Waals surface area contributed by atoms with Crippen LogP contribution in [0.1, 0.15) is 13.8 Å². The van der Waals surface area contributed by atoms with Crippen LogP contribution in [0.2, 0.25) is 0 Å². The van der Waals surface area contributed by atoms with E-state index in [2.05, 4.69) is 25.2 Å². The topological polar surface area (TPSA) is 98.6 Å². The van der Waals surface area contributed by atoms with Crippen molar-refractivity contribution in [3.63, 3.8) is 0 Å². The predicted molar refractivity (Wildman–Crippen MR) is 64.2 cm³/mol. The highest BCUT2D eigenvalue weighted by molar-refractivity contribution is 6.37. The molecule has 0 unspecified atom stereocenters. The van der Waals surface area contributed by atoms with E-state index in [0.29, 0.717) is 0 Å². The zero-order valence-corrected chi connectivity index (χ0v) is 10.8. The number of amides is 1. The lowest BCUT2D eigenvalue weighted by atomic mass is 10.4. The van der Waals surface area contributed by atoms with E-state index in [1.54, 1.807) is 0 Å². The lowest BCUT2D eigenvalue weighted by molar-refractivity contribution is -0.133. The fraction of sp³-hybridized carbons (Fsp3) is 0.600. The van der Waals surface area contributed by atoms with E-state index in [1.807, 2.05) is 0 Å². The van der Waals surface area contributed by atoms with Gasteiger partial charge in [0, 0.05) is 0 Å². The normalized spacial score (nSPS) is 11.8. The van der Waals surface area contributed by atoms with E-state index >= 15 is 0 Å². The maximum absolute atomic E-state index is 11.3. The number of carbonyl (C=O) groups excluding carboxylic acids is 2. The molecule has 1 amide bonds. The average Bonchev–Trinajstić information content (AvgIpc) is 2.37. The van der Waals surface area contributed by atoms with Crippen molar-refractivity contribution in [3.8, 4) is 0 Å². The largest absolute Gasteiger partial charge is 0.464 e. The van der Waals surface area contributed by atoms with Gasteiger partial charge in [0.1, 0.15) is 19.4 Å². The van der Waals surface area contributed by atoms with Crippen molar-refractivity contribution in [2.45, 2.75) is 13.8 Å². The summed E-state index contributed by atoms with van der Waals surface area (Å²) in [6.07, 6.45) is 0. The number of nitrogens with one attached hydrogen (secondary N) is 1. The first kappa shape index (κ1) is 15.9. The molecule has 0 radical (unpaired) electrons. The number of oxime groups is 2. The summed E-state index contributed by atoms with van der Waals surface area (Å²) in [5.41, 5.74) is 0.299. The van der Waals surface area contributed by atoms with Crippen molar-refractivity contribution in [2.24, 2.45) is 10.3 Å². The van der Waals surface area contributed by atoms with Crippen LogP contribution in [0.4, 0.5) is 0 Å². The maximum atomic E-state index is 11.3. The third kappa shape index (κ3) is 6.46. The van der Waals surface area contributed by atoms with Crippen molar-refractivity contribution in [3.05, 3.63) is 0 Å². The zero-order chi connectivity index (χ0) is 14.0. The van der Waals surface area contributed by atoms with E-state index in [1.165, 1.54) is 28.1 Å². The summed E-state index contributed by atoms with van der Waals surface area (Å²) < 4.78 is 4.42. The van der Waals surface area contributed by atoms with Gasteiger partial charge in [0.2, 0.25) is 0 Å². The summed E-state index contributed by atoms with van der Waals surface area (Å²) in [6.45, 7) is 3.33. The van der Waals surface area contributed by atoms with Gasteiger partial charge in [0.05, 0.1) is 13.7 Å². The first-order valence-corrected chi connectivity index (χ1v) is 5.13. The van der Waals surface area contributed by atoms with Crippen molar-refractivity contribution >= 4 is 23.3 Å². The molecular weight excluding hydrogens is 242 g/mol. The van der Waals surface area contributed by atoms with Crippen LogP contribution in [0.3, 0.4) is 0 Å². The molecule has 0 fully saturated rings. The van der Waals surface area contributed by atoms with Gasteiger partial charge in [-0.2, -0.15) is 0 Å². The number of carbonyl (C=O) groups is 2. The van der Waals surface area contributed by atoms with Crippen molar-refractivity contribution in [1.29, 1.82) is 0 Å². The average molecular weight is 259 g/mol. The number of nitrogens with zero attached hydrogens (tertiary/aromatic N) is 2. The molecule has 0 aliphatic carbocycles. The van der Waals surface area contributed by atoms with E-state index in [4.69, 9.17) is 4.84 Å². The summed E-state index contributed by atoms with van der Waals surface area (Å²) in [5, 5.41) is 9.49. The number of methoxy groups -OCH3 is 1. The van der Waals surface area contributed by atoms with Crippen LogP contribution in [0, 0.1) is 0 Å². The quantitative estimate of drug-likeness (QED) is 0.292. The van der Waals surface area contributed by atoms with Crippen molar-refractivity contribution < 1.29 is 24.0 Å². The molecule has 0 aromatic rings. The SMILES string of the molecule is CO/N=C(\C)C(=O)NCCO/N=C(\C)C(=O)OC. The molecule has 0 heterocycles. The summed E-state index contributed by atoms with van der Waals surface area (Å²) >= 11 is 0. The van der Waals surface area contributed by atoms with Gasteiger partial charge in [-0.25, -0.2) is 4.79 Å². The van der Waals surface area contributed by atoms with E-state index in [-0.39, 0.29) is 30.5 Å². The Hall–Kier alpha value is -2.12. The molecule has 0 aliphatic heterocycles. The highest BCUT2D eigenvalue weighted by Gasteiger charge is 2.06. The predicted octanol–water partition coefficient (Wildman–Crippen LogP) is -0.310. The number of esters is 1. The highest BCUT2D eigenvalue weighted by atomic mass is 16.6. The molecule has 0 saturated heterocycles. The summed E-state index contributed by atoms with van der Waals surface area (Å²) in [5.74, 6) is -0.934. The van der Waals surface area contributed by atoms with Crippen molar-refractivity contribution in [2.75, 3.05) is 27.4 Å². The minimum atomic E-state index is -0.567. The minimum Gasteiger partial charge on any atom is -0.464 e. The molecule has 8 nitrogen and oxygen atoms in total. The molecule has 0 rings (SSSR count). The lowest BCUT2D eigenvalue weighted by Crippen LogP contribution is -2.32. The Morgan fingerprint density at radius 3 is 2.33 bits per heavy atom. The highest BCUT2D eigenvalue weighted by Crippen LogP contribution is 1.85. The first-order chi connectivity index (χ1) is 8.52. The molecule has 0 saturated carbocycles. The third-order valence-corrected chi connectivity index (χ3v) is 1.72. The Bertz CT molecular complexity index is 351. The smallest absolute Gasteiger partial charge is 0.355 e. The molecule has 0 spiro atoms. The number of hydrogen-bond donors (Lipinski definition) is 1. The Balaban J connectivity index is 3.85. The van der Waals surface area contributed by atoms with Crippen LogP contribution >= 0.6 is 0 Å². The van der Waals surface area contributed by atoms with Crippen molar-refractivity contribution in [1.82, 2.24) is 5.32 Å². The third-order valence-electron chi connectivity index (χ3n) is 1.72. The van der Waals surface area contributed by atoms with E-state index < -0.39 is 5.97 Å².